The number of thiazole rings is 1. The van der Waals surface area contributed by atoms with E-state index in [4.69, 9.17) is 10.4 Å². The Labute approximate surface area is 124 Å². The molecule has 0 radical (unpaired) electrons. The number of nitrogens with zero attached hydrogens (tertiary/aromatic N) is 3. The summed E-state index contributed by atoms with van der Waals surface area (Å²) in [6.45, 7) is 2.05. The lowest BCUT2D eigenvalue weighted by Crippen LogP contribution is -2.32. The minimum absolute atomic E-state index is 0.179. The lowest BCUT2D eigenvalue weighted by Gasteiger charge is -1.95. The maximum absolute atomic E-state index is 12.3. The molecule has 108 valence electrons. The molecule has 0 bridgehead atoms. The molecule has 6 nitrogen and oxygen atoms in total. The SMILES string of the molecule is CCn1c(=O)c(=Cc2cccn2C)s/c1=C(/C#N)C(=O)O. The van der Waals surface area contributed by atoms with Gasteiger partial charge >= 0.3 is 5.97 Å². The Kier molecular flexibility index (Phi) is 4.10. The molecule has 7 heteroatoms. The van der Waals surface area contributed by atoms with Gasteiger partial charge in [-0.05, 0) is 25.1 Å². The Morgan fingerprint density at radius 2 is 2.29 bits per heavy atom. The summed E-state index contributed by atoms with van der Waals surface area (Å²) in [5.41, 5.74) is 0.134. The molecule has 0 aliphatic rings. The van der Waals surface area contributed by atoms with Crippen LogP contribution in [0.25, 0.3) is 11.6 Å². The maximum atomic E-state index is 12.3. The first kappa shape index (κ1) is 14.8. The largest absolute Gasteiger partial charge is 0.477 e. The summed E-state index contributed by atoms with van der Waals surface area (Å²) in [7, 11) is 1.85. The topological polar surface area (TPSA) is 88.0 Å². The molecule has 0 saturated heterocycles. The fourth-order valence-electron chi connectivity index (χ4n) is 1.94. The molecule has 0 spiro atoms. The van der Waals surface area contributed by atoms with Gasteiger partial charge in [-0.3, -0.25) is 9.36 Å². The summed E-state index contributed by atoms with van der Waals surface area (Å²) in [5, 5.41) is 18.0. The quantitative estimate of drug-likeness (QED) is 0.854. The second-order valence-electron chi connectivity index (χ2n) is 4.30. The second-order valence-corrected chi connectivity index (χ2v) is 5.33. The zero-order valence-electron chi connectivity index (χ0n) is 11.5. The minimum atomic E-state index is -1.33. The predicted octanol–water partition coefficient (Wildman–Crippen LogP) is -0.144. The normalized spacial score (nSPS) is 13.1. The summed E-state index contributed by atoms with van der Waals surface area (Å²) in [5.74, 6) is -1.33. The Bertz CT molecular complexity index is 909. The molecule has 0 saturated carbocycles. The van der Waals surface area contributed by atoms with Gasteiger partial charge in [-0.15, -0.1) is 11.3 Å². The van der Waals surface area contributed by atoms with Crippen molar-refractivity contribution in [2.75, 3.05) is 0 Å². The van der Waals surface area contributed by atoms with E-state index in [1.807, 2.05) is 29.9 Å². The van der Waals surface area contributed by atoms with Crippen molar-refractivity contribution in [1.29, 1.82) is 5.26 Å². The standard InChI is InChI=1S/C14H13N3O3S/c1-3-17-12(18)11(7-9-5-4-6-16(9)2)21-13(17)10(8-15)14(19)20/h4-7H,3H2,1-2H3,(H,19,20)/b11-7?,13-10-. The summed E-state index contributed by atoms with van der Waals surface area (Å²) in [6, 6.07) is 5.35. The van der Waals surface area contributed by atoms with Crippen molar-refractivity contribution in [2.45, 2.75) is 13.5 Å². The first-order valence-electron chi connectivity index (χ1n) is 6.20. The van der Waals surface area contributed by atoms with Crippen LogP contribution in [0, 0.1) is 11.3 Å². The number of carboxylic acid groups (broad SMARTS) is 1. The molecule has 1 N–H and O–H groups in total. The fraction of sp³-hybridized carbons (Fsp3) is 0.214. The number of carbonyl (C=O) groups is 1. The molecule has 0 aliphatic carbocycles. The molecule has 0 unspecified atom stereocenters. The van der Waals surface area contributed by atoms with Gasteiger partial charge in [0.05, 0.1) is 4.53 Å². The number of aliphatic carboxylic acids is 1. The van der Waals surface area contributed by atoms with Gasteiger partial charge in [0, 0.05) is 25.5 Å². The molecule has 2 rings (SSSR count). The van der Waals surface area contributed by atoms with Crippen LogP contribution in [-0.2, 0) is 18.4 Å². The summed E-state index contributed by atoms with van der Waals surface area (Å²) in [4.78, 5) is 23.4. The van der Waals surface area contributed by atoms with Crippen molar-refractivity contribution in [3.63, 3.8) is 0 Å². The molecule has 2 heterocycles. The highest BCUT2D eigenvalue weighted by Crippen LogP contribution is 2.00. The van der Waals surface area contributed by atoms with E-state index in [1.165, 1.54) is 4.57 Å². The number of aromatic nitrogens is 2. The van der Waals surface area contributed by atoms with Crippen molar-refractivity contribution >= 4 is 29.0 Å². The zero-order valence-corrected chi connectivity index (χ0v) is 12.3. The average Bonchev–Trinajstić information content (AvgIpc) is 2.96. The van der Waals surface area contributed by atoms with E-state index in [9.17, 15) is 9.59 Å². The molecule has 0 aliphatic heterocycles. The van der Waals surface area contributed by atoms with E-state index in [2.05, 4.69) is 0 Å². The van der Waals surface area contributed by atoms with Crippen LogP contribution in [0.5, 0.6) is 0 Å². The Hall–Kier alpha value is -2.59. The first-order valence-corrected chi connectivity index (χ1v) is 7.01. The second kappa shape index (κ2) is 5.81. The predicted molar refractivity (Wildman–Crippen MR) is 79.1 cm³/mol. The molecule has 2 aromatic rings. The monoisotopic (exact) mass is 303 g/mol. The van der Waals surface area contributed by atoms with E-state index in [0.29, 0.717) is 11.1 Å². The van der Waals surface area contributed by atoms with Crippen LogP contribution in [0.4, 0.5) is 0 Å². The third-order valence-corrected chi connectivity index (χ3v) is 4.16. The van der Waals surface area contributed by atoms with Crippen molar-refractivity contribution in [3.8, 4) is 6.07 Å². The van der Waals surface area contributed by atoms with E-state index in [1.54, 1.807) is 19.1 Å². The van der Waals surface area contributed by atoms with E-state index in [0.717, 1.165) is 17.0 Å². The van der Waals surface area contributed by atoms with Gasteiger partial charge in [-0.1, -0.05) is 0 Å². The molecule has 0 amide bonds. The summed E-state index contributed by atoms with van der Waals surface area (Å²) < 4.78 is 3.74. The van der Waals surface area contributed by atoms with Crippen LogP contribution in [0.3, 0.4) is 0 Å². The van der Waals surface area contributed by atoms with Crippen LogP contribution in [0.2, 0.25) is 0 Å². The Balaban J connectivity index is 2.86. The van der Waals surface area contributed by atoms with Crippen molar-refractivity contribution < 1.29 is 9.90 Å². The van der Waals surface area contributed by atoms with Crippen LogP contribution in [0.1, 0.15) is 12.6 Å². The number of nitriles is 1. The van der Waals surface area contributed by atoms with Gasteiger partial charge in [0.2, 0.25) is 0 Å². The molecule has 2 aromatic heterocycles. The Morgan fingerprint density at radius 1 is 1.57 bits per heavy atom. The highest BCUT2D eigenvalue weighted by molar-refractivity contribution is 7.07. The van der Waals surface area contributed by atoms with Gasteiger partial charge in [0.1, 0.15) is 10.7 Å². The smallest absolute Gasteiger partial charge is 0.349 e. The van der Waals surface area contributed by atoms with Crippen molar-refractivity contribution in [2.24, 2.45) is 7.05 Å². The van der Waals surface area contributed by atoms with E-state index in [-0.39, 0.29) is 10.2 Å². The molecule has 0 fully saturated rings. The van der Waals surface area contributed by atoms with Crippen LogP contribution in [-0.4, -0.2) is 20.2 Å². The van der Waals surface area contributed by atoms with Crippen LogP contribution < -0.4 is 14.8 Å². The van der Waals surface area contributed by atoms with Gasteiger partial charge in [-0.25, -0.2) is 4.79 Å². The average molecular weight is 303 g/mol. The molecule has 21 heavy (non-hydrogen) atoms. The van der Waals surface area contributed by atoms with Crippen LogP contribution in [0.15, 0.2) is 23.1 Å². The van der Waals surface area contributed by atoms with Gasteiger partial charge in [0.25, 0.3) is 5.56 Å². The van der Waals surface area contributed by atoms with E-state index < -0.39 is 11.5 Å². The zero-order chi connectivity index (χ0) is 15.6. The van der Waals surface area contributed by atoms with Crippen molar-refractivity contribution in [1.82, 2.24) is 9.13 Å². The number of hydrogen-bond donors (Lipinski definition) is 1. The van der Waals surface area contributed by atoms with Crippen LogP contribution >= 0.6 is 11.3 Å². The van der Waals surface area contributed by atoms with Gasteiger partial charge in [-0.2, -0.15) is 5.26 Å². The third kappa shape index (κ3) is 2.66. The first-order chi connectivity index (χ1) is 9.99. The molecular formula is C14H13N3O3S. The number of aryl methyl sites for hydroxylation is 1. The summed E-state index contributed by atoms with van der Waals surface area (Å²) in [6.07, 6.45) is 3.54. The van der Waals surface area contributed by atoms with Gasteiger partial charge < -0.3 is 9.67 Å². The number of rotatable bonds is 3. The highest BCUT2D eigenvalue weighted by atomic mass is 32.1. The lowest BCUT2D eigenvalue weighted by atomic mass is 10.3. The fourth-order valence-corrected chi connectivity index (χ4v) is 3.08. The molecule has 0 aromatic carbocycles. The maximum Gasteiger partial charge on any atom is 0.349 e. The Morgan fingerprint density at radius 3 is 2.76 bits per heavy atom. The lowest BCUT2D eigenvalue weighted by molar-refractivity contribution is -0.130. The molecular weight excluding hydrogens is 290 g/mol. The summed E-state index contributed by atoms with van der Waals surface area (Å²) >= 11 is 1.02. The molecule has 0 atom stereocenters. The highest BCUT2D eigenvalue weighted by Gasteiger charge is 2.13. The number of carboxylic acids is 1. The van der Waals surface area contributed by atoms with Crippen molar-refractivity contribution in [3.05, 3.63) is 43.6 Å². The van der Waals surface area contributed by atoms with Gasteiger partial charge in [0.15, 0.2) is 5.57 Å². The number of hydrogen-bond acceptors (Lipinski definition) is 4. The minimum Gasteiger partial charge on any atom is -0.477 e. The van der Waals surface area contributed by atoms with E-state index >= 15 is 0 Å². The third-order valence-electron chi connectivity index (χ3n) is 3.03.